The molecule has 2 atom stereocenters. The van der Waals surface area contributed by atoms with Crippen molar-refractivity contribution in [2.75, 3.05) is 12.4 Å². The number of nitrogens with zero attached hydrogens (tertiary/aromatic N) is 3. The zero-order valence-corrected chi connectivity index (χ0v) is 14.6. The summed E-state index contributed by atoms with van der Waals surface area (Å²) in [5.74, 6) is 1.42. The Bertz CT molecular complexity index is 740. The maximum atomic E-state index is 12.0. The molecule has 132 valence electrons. The molecule has 1 aromatic carbocycles. The number of benzene rings is 1. The standard InChI is InChI=1S/C18H24N6O/c1-13-9-16(13)23-18(19-2)20-11-14-5-3-6-15(10-14)22-17(25)12-24-8-4-7-21-24/h3-8,10,13,16H,9,11-12H2,1-2H3,(H,22,25)(H2,19,20,23). The third-order valence-corrected chi connectivity index (χ3v) is 4.19. The molecule has 2 aromatic rings. The Balaban J connectivity index is 1.51. The summed E-state index contributed by atoms with van der Waals surface area (Å²) >= 11 is 0. The van der Waals surface area contributed by atoms with E-state index < -0.39 is 0 Å². The van der Waals surface area contributed by atoms with E-state index in [-0.39, 0.29) is 12.5 Å². The fourth-order valence-corrected chi connectivity index (χ4v) is 2.58. The lowest BCUT2D eigenvalue weighted by Crippen LogP contribution is -2.38. The van der Waals surface area contributed by atoms with E-state index in [4.69, 9.17) is 0 Å². The van der Waals surface area contributed by atoms with E-state index in [0.29, 0.717) is 18.5 Å². The van der Waals surface area contributed by atoms with Crippen LogP contribution in [-0.4, -0.2) is 34.7 Å². The summed E-state index contributed by atoms with van der Waals surface area (Å²) in [6.07, 6.45) is 4.61. The van der Waals surface area contributed by atoms with Gasteiger partial charge in [0.05, 0.1) is 0 Å². The highest BCUT2D eigenvalue weighted by Crippen LogP contribution is 2.28. The minimum Gasteiger partial charge on any atom is -0.353 e. The van der Waals surface area contributed by atoms with Crippen molar-refractivity contribution in [2.24, 2.45) is 10.9 Å². The van der Waals surface area contributed by atoms with Gasteiger partial charge in [0.15, 0.2) is 5.96 Å². The molecule has 0 aliphatic heterocycles. The van der Waals surface area contributed by atoms with Crippen LogP contribution < -0.4 is 16.0 Å². The van der Waals surface area contributed by atoms with Crippen molar-refractivity contribution < 1.29 is 4.79 Å². The minimum atomic E-state index is -0.103. The van der Waals surface area contributed by atoms with Crippen LogP contribution >= 0.6 is 0 Å². The maximum absolute atomic E-state index is 12.0. The lowest BCUT2D eigenvalue weighted by Gasteiger charge is -2.12. The van der Waals surface area contributed by atoms with Crippen LogP contribution in [0.3, 0.4) is 0 Å². The van der Waals surface area contributed by atoms with E-state index in [1.54, 1.807) is 30.2 Å². The van der Waals surface area contributed by atoms with Gasteiger partial charge in [-0.15, -0.1) is 0 Å². The van der Waals surface area contributed by atoms with E-state index in [9.17, 15) is 4.79 Å². The molecule has 0 spiro atoms. The van der Waals surface area contributed by atoms with Gasteiger partial charge in [-0.1, -0.05) is 19.1 Å². The fraction of sp³-hybridized carbons (Fsp3) is 0.389. The first kappa shape index (κ1) is 17.0. The Labute approximate surface area is 147 Å². The second-order valence-electron chi connectivity index (χ2n) is 6.34. The van der Waals surface area contributed by atoms with Crippen molar-refractivity contribution in [1.29, 1.82) is 0 Å². The summed E-state index contributed by atoms with van der Waals surface area (Å²) in [5.41, 5.74) is 1.85. The van der Waals surface area contributed by atoms with E-state index in [1.165, 1.54) is 6.42 Å². The Morgan fingerprint density at radius 2 is 2.24 bits per heavy atom. The lowest BCUT2D eigenvalue weighted by atomic mass is 10.2. The summed E-state index contributed by atoms with van der Waals surface area (Å²) in [4.78, 5) is 16.3. The highest BCUT2D eigenvalue weighted by atomic mass is 16.2. The molecule has 1 aromatic heterocycles. The van der Waals surface area contributed by atoms with E-state index in [0.717, 1.165) is 17.2 Å². The maximum Gasteiger partial charge on any atom is 0.246 e. The first-order chi connectivity index (χ1) is 12.1. The average molecular weight is 340 g/mol. The molecule has 0 saturated heterocycles. The summed E-state index contributed by atoms with van der Waals surface area (Å²) in [5, 5.41) is 13.6. The van der Waals surface area contributed by atoms with Crippen LogP contribution in [0.4, 0.5) is 5.69 Å². The second-order valence-corrected chi connectivity index (χ2v) is 6.34. The molecule has 1 saturated carbocycles. The highest BCUT2D eigenvalue weighted by molar-refractivity contribution is 5.90. The SMILES string of the molecule is CN=C(NCc1cccc(NC(=O)Cn2cccn2)c1)NC1CC1C. The van der Waals surface area contributed by atoms with Crippen LogP contribution in [0.2, 0.25) is 0 Å². The van der Waals surface area contributed by atoms with Crippen LogP contribution in [0.25, 0.3) is 0 Å². The molecule has 7 heteroatoms. The third kappa shape index (κ3) is 5.07. The molecule has 0 radical (unpaired) electrons. The summed E-state index contributed by atoms with van der Waals surface area (Å²) in [6, 6.07) is 10.1. The number of carbonyl (C=O) groups is 1. The predicted molar refractivity (Wildman–Crippen MR) is 98.2 cm³/mol. The van der Waals surface area contributed by atoms with Crippen LogP contribution in [0.1, 0.15) is 18.9 Å². The molecule has 3 rings (SSSR count). The zero-order chi connectivity index (χ0) is 17.6. The van der Waals surface area contributed by atoms with Crippen molar-refractivity contribution in [3.63, 3.8) is 0 Å². The van der Waals surface area contributed by atoms with E-state index >= 15 is 0 Å². The topological polar surface area (TPSA) is 83.3 Å². The third-order valence-electron chi connectivity index (χ3n) is 4.19. The van der Waals surface area contributed by atoms with Gasteiger partial charge in [0.2, 0.25) is 5.91 Å². The number of aromatic nitrogens is 2. The van der Waals surface area contributed by atoms with Crippen LogP contribution in [0.15, 0.2) is 47.7 Å². The number of rotatable bonds is 6. The second kappa shape index (κ2) is 7.83. The number of hydrogen-bond acceptors (Lipinski definition) is 3. The van der Waals surface area contributed by atoms with Crippen molar-refractivity contribution in [3.8, 4) is 0 Å². The molecular weight excluding hydrogens is 316 g/mol. The van der Waals surface area contributed by atoms with Gasteiger partial charge in [-0.25, -0.2) is 0 Å². The van der Waals surface area contributed by atoms with Crippen molar-refractivity contribution >= 4 is 17.6 Å². The number of anilines is 1. The average Bonchev–Trinajstić information content (AvgIpc) is 3.06. The Morgan fingerprint density at radius 3 is 2.92 bits per heavy atom. The van der Waals surface area contributed by atoms with Crippen molar-refractivity contribution in [1.82, 2.24) is 20.4 Å². The van der Waals surface area contributed by atoms with Gasteiger partial charge in [0.1, 0.15) is 6.54 Å². The fourth-order valence-electron chi connectivity index (χ4n) is 2.58. The highest BCUT2D eigenvalue weighted by Gasteiger charge is 2.33. The zero-order valence-electron chi connectivity index (χ0n) is 14.6. The summed E-state index contributed by atoms with van der Waals surface area (Å²) in [6.45, 7) is 3.07. The van der Waals surface area contributed by atoms with Gasteiger partial charge >= 0.3 is 0 Å². The Morgan fingerprint density at radius 1 is 1.40 bits per heavy atom. The van der Waals surface area contributed by atoms with Crippen LogP contribution in [-0.2, 0) is 17.9 Å². The number of aliphatic imine (C=N–C) groups is 1. The molecule has 3 N–H and O–H groups in total. The van der Waals surface area contributed by atoms with Crippen LogP contribution in [0, 0.1) is 5.92 Å². The smallest absolute Gasteiger partial charge is 0.246 e. The number of amides is 1. The Hall–Kier alpha value is -2.83. The molecule has 1 aliphatic rings. The molecule has 1 amide bonds. The van der Waals surface area contributed by atoms with E-state index in [2.05, 4.69) is 33.0 Å². The van der Waals surface area contributed by atoms with E-state index in [1.807, 2.05) is 24.3 Å². The monoisotopic (exact) mass is 340 g/mol. The van der Waals surface area contributed by atoms with Gasteiger partial charge in [-0.2, -0.15) is 5.10 Å². The molecule has 0 bridgehead atoms. The minimum absolute atomic E-state index is 0.103. The summed E-state index contributed by atoms with van der Waals surface area (Å²) in [7, 11) is 1.77. The first-order valence-electron chi connectivity index (χ1n) is 8.47. The first-order valence-corrected chi connectivity index (χ1v) is 8.47. The number of carbonyl (C=O) groups excluding carboxylic acids is 1. The molecule has 7 nitrogen and oxygen atoms in total. The molecule has 25 heavy (non-hydrogen) atoms. The van der Waals surface area contributed by atoms with Crippen LogP contribution in [0.5, 0.6) is 0 Å². The van der Waals surface area contributed by atoms with Gasteiger partial charge in [0, 0.05) is 37.7 Å². The van der Waals surface area contributed by atoms with Gasteiger partial charge in [-0.3, -0.25) is 14.5 Å². The van der Waals surface area contributed by atoms with Gasteiger partial charge in [-0.05, 0) is 36.1 Å². The van der Waals surface area contributed by atoms with Gasteiger partial charge in [0.25, 0.3) is 0 Å². The number of hydrogen-bond donors (Lipinski definition) is 3. The van der Waals surface area contributed by atoms with Crippen molar-refractivity contribution in [3.05, 3.63) is 48.3 Å². The number of nitrogens with one attached hydrogen (secondary N) is 3. The summed E-state index contributed by atoms with van der Waals surface area (Å²) < 4.78 is 1.59. The van der Waals surface area contributed by atoms with Crippen molar-refractivity contribution in [2.45, 2.75) is 32.5 Å². The normalized spacial score (nSPS) is 19.4. The number of guanidine groups is 1. The predicted octanol–water partition coefficient (Wildman–Crippen LogP) is 1.60. The lowest BCUT2D eigenvalue weighted by molar-refractivity contribution is -0.116. The molecular formula is C18H24N6O. The van der Waals surface area contributed by atoms with Gasteiger partial charge < -0.3 is 16.0 Å². The molecule has 1 aliphatic carbocycles. The molecule has 1 fully saturated rings. The molecule has 2 unspecified atom stereocenters. The quantitative estimate of drug-likeness (QED) is 0.551. The molecule has 1 heterocycles. The largest absolute Gasteiger partial charge is 0.353 e. The Kier molecular flexibility index (Phi) is 5.33.